The van der Waals surface area contributed by atoms with Crippen molar-refractivity contribution in [3.8, 4) is 0 Å². The molecule has 0 rings (SSSR count). The van der Waals surface area contributed by atoms with Gasteiger partial charge in [-0.05, 0) is 114 Å². The van der Waals surface area contributed by atoms with Crippen molar-refractivity contribution in [3.05, 3.63) is 0 Å². The topological polar surface area (TPSA) is 480 Å². The van der Waals surface area contributed by atoms with Gasteiger partial charge < -0.3 is 87.4 Å². The zero-order chi connectivity index (χ0) is 62.3. The highest BCUT2D eigenvalue weighted by molar-refractivity contribution is 5.98. The van der Waals surface area contributed by atoms with Crippen molar-refractivity contribution in [2.75, 3.05) is 19.6 Å². The lowest BCUT2D eigenvalue weighted by Gasteiger charge is -2.30. The Morgan fingerprint density at radius 2 is 0.667 bits per heavy atom. The predicted octanol–water partition coefficient (Wildman–Crippen LogP) is -2.69. The van der Waals surface area contributed by atoms with Crippen LogP contribution in [0.15, 0.2) is 9.98 Å². The molecule has 0 saturated carbocycles. The van der Waals surface area contributed by atoms with Crippen LogP contribution >= 0.6 is 0 Å². The summed E-state index contributed by atoms with van der Waals surface area (Å²) in [5, 5.41) is 34.3. The molecule has 0 aliphatic rings. The van der Waals surface area contributed by atoms with Gasteiger partial charge in [-0.15, -0.1) is 0 Å². The lowest BCUT2D eigenvalue weighted by molar-refractivity contribution is -0.137. The SMILES string of the molecule is CC(=O)N[C@@H](CC(C)C)C(=O)N[C@@H](CC(C)C)C(=O)N[C@@H](CC(C)C)C(=O)N[C@@H](CC(C)C)C(=O)N[C@@H](CCCN=C(N)N)C(=O)N[C@H](C(=O)N[C@@H](CCCCN)C(=O)N[C@@H](CCCN=C(N)N)C(=O)N[C@H](C(N)=O)[C@@H](C)O)C(C)C. The minimum atomic E-state index is -1.50. The fraction of sp³-hybridized carbons (Fsp3) is 0.774. The van der Waals surface area contributed by atoms with Crippen LogP contribution in [-0.4, -0.2) is 156 Å². The molecule has 0 radical (unpaired) electrons. The van der Waals surface area contributed by atoms with E-state index in [9.17, 15) is 53.1 Å². The number of nitrogens with one attached hydrogen (secondary N) is 9. The van der Waals surface area contributed by atoms with E-state index in [1.807, 2.05) is 55.4 Å². The van der Waals surface area contributed by atoms with Crippen LogP contribution in [0.2, 0.25) is 0 Å². The fourth-order valence-electron chi connectivity index (χ4n) is 8.46. The van der Waals surface area contributed by atoms with Crippen molar-refractivity contribution in [1.29, 1.82) is 0 Å². The number of guanidine groups is 2. The first kappa shape index (κ1) is 74.2. The van der Waals surface area contributed by atoms with Crippen molar-refractivity contribution in [2.45, 2.75) is 214 Å². The minimum absolute atomic E-state index is 0.0332. The number of nitrogens with zero attached hydrogens (tertiary/aromatic N) is 2. The van der Waals surface area contributed by atoms with Gasteiger partial charge in [0.05, 0.1) is 6.10 Å². The monoisotopic (exact) mass is 1150 g/mol. The predicted molar refractivity (Wildman–Crippen MR) is 309 cm³/mol. The molecule has 464 valence electrons. The van der Waals surface area contributed by atoms with Gasteiger partial charge in [-0.1, -0.05) is 69.2 Å². The van der Waals surface area contributed by atoms with Gasteiger partial charge in [0.2, 0.25) is 59.1 Å². The maximum Gasteiger partial charge on any atom is 0.243 e. The number of nitrogens with two attached hydrogens (primary N) is 6. The van der Waals surface area contributed by atoms with E-state index in [0.717, 1.165) is 0 Å². The highest BCUT2D eigenvalue weighted by Gasteiger charge is 2.37. The fourth-order valence-corrected chi connectivity index (χ4v) is 8.46. The molecule has 0 aromatic heterocycles. The third kappa shape index (κ3) is 31.7. The molecule has 0 spiro atoms. The Kier molecular flexibility index (Phi) is 35.5. The average molecular weight is 1150 g/mol. The van der Waals surface area contributed by atoms with E-state index in [2.05, 4.69) is 57.8 Å². The second-order valence-corrected chi connectivity index (χ2v) is 22.7. The summed E-state index contributed by atoms with van der Waals surface area (Å²) in [6, 6.07) is -11.2. The van der Waals surface area contributed by atoms with E-state index >= 15 is 0 Å². The summed E-state index contributed by atoms with van der Waals surface area (Å²) in [6.07, 6.45) is 0.423. The van der Waals surface area contributed by atoms with E-state index in [1.165, 1.54) is 13.8 Å². The molecule has 22 N–H and O–H groups in total. The summed E-state index contributed by atoms with van der Waals surface area (Å²) >= 11 is 0. The van der Waals surface area contributed by atoms with Crippen molar-refractivity contribution in [3.63, 3.8) is 0 Å². The Hall–Kier alpha value is -6.84. The summed E-state index contributed by atoms with van der Waals surface area (Å²) in [7, 11) is 0. The van der Waals surface area contributed by atoms with Crippen molar-refractivity contribution < 1.29 is 53.1 Å². The molecule has 28 heteroatoms. The molecule has 10 atom stereocenters. The highest BCUT2D eigenvalue weighted by Crippen LogP contribution is 2.15. The number of carbonyl (C=O) groups excluding carboxylic acids is 10. The number of aliphatic imine (C=N–C) groups is 2. The highest BCUT2D eigenvalue weighted by atomic mass is 16.3. The number of aliphatic hydroxyl groups is 1. The van der Waals surface area contributed by atoms with Crippen molar-refractivity contribution in [1.82, 2.24) is 47.9 Å². The number of primary amides is 1. The Morgan fingerprint density at radius 3 is 0.951 bits per heavy atom. The van der Waals surface area contributed by atoms with Gasteiger partial charge in [-0.25, -0.2) is 0 Å². The summed E-state index contributed by atoms with van der Waals surface area (Å²) in [5.41, 5.74) is 33.2. The molecule has 0 unspecified atom stereocenters. The number of amides is 10. The first-order chi connectivity index (χ1) is 37.7. The molecule has 0 aliphatic heterocycles. The lowest BCUT2D eigenvalue weighted by Crippen LogP contribution is -2.61. The van der Waals surface area contributed by atoms with Gasteiger partial charge >= 0.3 is 0 Å². The molecular weight excluding hydrogens is 1050 g/mol. The number of carbonyl (C=O) groups is 10. The van der Waals surface area contributed by atoms with Crippen LogP contribution in [0.4, 0.5) is 0 Å². The van der Waals surface area contributed by atoms with E-state index in [0.29, 0.717) is 19.3 Å². The quantitative estimate of drug-likeness (QED) is 0.0169. The van der Waals surface area contributed by atoms with E-state index in [4.69, 9.17) is 34.4 Å². The Labute approximate surface area is 478 Å². The lowest BCUT2D eigenvalue weighted by atomic mass is 9.97. The Bertz CT molecular complexity index is 2100. The molecule has 0 aromatic carbocycles. The van der Waals surface area contributed by atoms with E-state index < -0.39 is 125 Å². The minimum Gasteiger partial charge on any atom is -0.391 e. The second-order valence-electron chi connectivity index (χ2n) is 22.7. The van der Waals surface area contributed by atoms with E-state index in [1.54, 1.807) is 13.8 Å². The molecule has 0 heterocycles. The van der Waals surface area contributed by atoms with Crippen molar-refractivity contribution >= 4 is 71.0 Å². The summed E-state index contributed by atoms with van der Waals surface area (Å²) < 4.78 is 0. The number of hydrogen-bond acceptors (Lipinski definition) is 14. The number of rotatable bonds is 40. The van der Waals surface area contributed by atoms with Gasteiger partial charge in [0.15, 0.2) is 11.9 Å². The normalized spacial score (nSPS) is 15.0. The first-order valence-electron chi connectivity index (χ1n) is 28.2. The molecule has 10 amide bonds. The van der Waals surface area contributed by atoms with Crippen LogP contribution in [0.3, 0.4) is 0 Å². The number of unbranched alkanes of at least 4 members (excludes halogenated alkanes) is 1. The van der Waals surface area contributed by atoms with E-state index in [-0.39, 0.29) is 107 Å². The van der Waals surface area contributed by atoms with Crippen LogP contribution in [0.1, 0.15) is 154 Å². The van der Waals surface area contributed by atoms with Crippen LogP contribution in [0.5, 0.6) is 0 Å². The number of hydrogen-bond donors (Lipinski definition) is 16. The molecule has 81 heavy (non-hydrogen) atoms. The summed E-state index contributed by atoms with van der Waals surface area (Å²) in [4.78, 5) is 145. The molecular formula is C53H101N17O11. The smallest absolute Gasteiger partial charge is 0.243 e. The Morgan fingerprint density at radius 1 is 0.383 bits per heavy atom. The zero-order valence-electron chi connectivity index (χ0n) is 49.9. The van der Waals surface area contributed by atoms with Crippen LogP contribution < -0.4 is 82.3 Å². The third-order valence-electron chi connectivity index (χ3n) is 12.5. The molecule has 0 fully saturated rings. The van der Waals surface area contributed by atoms with Crippen LogP contribution in [0.25, 0.3) is 0 Å². The van der Waals surface area contributed by atoms with Gasteiger partial charge in [0.25, 0.3) is 0 Å². The maximum absolute atomic E-state index is 14.4. The van der Waals surface area contributed by atoms with Gasteiger partial charge in [-0.2, -0.15) is 0 Å². The third-order valence-corrected chi connectivity index (χ3v) is 12.5. The molecule has 0 saturated heterocycles. The summed E-state index contributed by atoms with van der Waals surface area (Å²) in [6.45, 7) is 21.0. The maximum atomic E-state index is 14.4. The molecule has 0 aromatic rings. The summed E-state index contributed by atoms with van der Waals surface area (Å²) in [5.74, 6) is -8.79. The van der Waals surface area contributed by atoms with Crippen LogP contribution in [0, 0.1) is 29.6 Å². The average Bonchev–Trinajstić information content (AvgIpc) is 3.34. The number of aliphatic hydroxyl groups excluding tert-OH is 1. The van der Waals surface area contributed by atoms with Gasteiger partial charge in [0, 0.05) is 20.0 Å². The van der Waals surface area contributed by atoms with Crippen molar-refractivity contribution in [2.24, 2.45) is 74.0 Å². The van der Waals surface area contributed by atoms with Gasteiger partial charge in [0.1, 0.15) is 54.4 Å². The standard InChI is InChI=1S/C53H101N17O11/c1-27(2)23-37(62-33(12)72)47(77)66-39(25-29(5)6)49(79)68-40(26-30(7)8)50(80)67-38(24-28(3)4)48(78)64-35(18-15-21-60-52(56)57)45(75)69-41(31(9)10)51(81)65-34(17-13-14-20-54)44(74)63-36(19-16-22-61-53(58)59)46(76)70-42(32(11)71)43(55)73/h27-32,34-42,71H,13-26,54H2,1-12H3,(H2,55,73)(H,62,72)(H,63,74)(H,64,78)(H,65,81)(H,66,77)(H,67,80)(H,68,79)(H,69,75)(H,70,76)(H4,56,57,60)(H4,58,59,61)/t32-,34+,35+,36+,37+,38+,39+,40+,41+,42+/m1/s1. The van der Waals surface area contributed by atoms with Crippen LogP contribution in [-0.2, 0) is 47.9 Å². The molecule has 0 aliphatic carbocycles. The molecule has 28 nitrogen and oxygen atoms in total. The second kappa shape index (κ2) is 38.7. The zero-order valence-corrected chi connectivity index (χ0v) is 49.9. The first-order valence-corrected chi connectivity index (χ1v) is 28.2. The van der Waals surface area contributed by atoms with Gasteiger partial charge in [-0.3, -0.25) is 57.9 Å². The largest absolute Gasteiger partial charge is 0.391 e. The molecule has 0 bridgehead atoms. The Balaban J connectivity index is 6.99.